The molecule has 2 atom stereocenters. The molecule has 0 amide bonds. The average molecular weight is 264 g/mol. The second-order valence-electron chi connectivity index (χ2n) is 4.15. The van der Waals surface area contributed by atoms with Gasteiger partial charge in [0.15, 0.2) is 11.4 Å². The Morgan fingerprint density at radius 3 is 2.42 bits per heavy atom. The summed E-state index contributed by atoms with van der Waals surface area (Å²) in [6.45, 7) is 0. The summed E-state index contributed by atoms with van der Waals surface area (Å²) in [7, 11) is 2.26. The van der Waals surface area contributed by atoms with Crippen LogP contribution in [0.2, 0.25) is 0 Å². The van der Waals surface area contributed by atoms with Gasteiger partial charge in [-0.15, -0.1) is 0 Å². The molecule has 0 heterocycles. The molecule has 0 aromatic heterocycles. The van der Waals surface area contributed by atoms with Crippen LogP contribution in [-0.4, -0.2) is 42.6 Å². The van der Waals surface area contributed by atoms with Crippen molar-refractivity contribution < 1.29 is 29.0 Å². The summed E-state index contributed by atoms with van der Waals surface area (Å²) in [5.41, 5.74) is -2.65. The van der Waals surface area contributed by atoms with Crippen molar-refractivity contribution in [2.45, 2.75) is 5.60 Å². The quantitative estimate of drug-likeness (QED) is 0.543. The van der Waals surface area contributed by atoms with E-state index in [9.17, 15) is 19.5 Å². The Hall–Kier alpha value is -2.21. The Balaban J connectivity index is 2.73. The van der Waals surface area contributed by atoms with Crippen molar-refractivity contribution in [1.82, 2.24) is 0 Å². The molecule has 3 aliphatic carbocycles. The van der Waals surface area contributed by atoms with E-state index in [1.807, 2.05) is 0 Å². The molecule has 0 aromatic rings. The minimum absolute atomic E-state index is 0.0820. The smallest absolute Gasteiger partial charge is 0.338 e. The number of carbonyl (C=O) groups excluding carboxylic acids is 3. The largest absolute Gasteiger partial charge is 0.466 e. The van der Waals surface area contributed by atoms with Crippen molar-refractivity contribution in [1.29, 1.82) is 0 Å². The number of allylic oxidation sites excluding steroid dienone is 2. The van der Waals surface area contributed by atoms with E-state index in [2.05, 4.69) is 9.47 Å². The van der Waals surface area contributed by atoms with Crippen molar-refractivity contribution in [3.05, 3.63) is 35.5 Å². The van der Waals surface area contributed by atoms with Gasteiger partial charge in [-0.2, -0.15) is 0 Å². The lowest BCUT2D eigenvalue weighted by Crippen LogP contribution is -2.43. The first-order valence-corrected chi connectivity index (χ1v) is 5.51. The van der Waals surface area contributed by atoms with Crippen LogP contribution in [0.4, 0.5) is 0 Å². The van der Waals surface area contributed by atoms with E-state index in [0.29, 0.717) is 0 Å². The van der Waals surface area contributed by atoms with E-state index >= 15 is 0 Å². The van der Waals surface area contributed by atoms with Gasteiger partial charge in [0.2, 0.25) is 0 Å². The number of esters is 2. The van der Waals surface area contributed by atoms with E-state index in [-0.39, 0.29) is 11.1 Å². The molecule has 3 rings (SSSR count). The minimum atomic E-state index is -2.18. The van der Waals surface area contributed by atoms with Crippen molar-refractivity contribution in [2.75, 3.05) is 14.2 Å². The number of rotatable bonds is 2. The maximum Gasteiger partial charge on any atom is 0.338 e. The number of hydrogen-bond donors (Lipinski definition) is 1. The highest BCUT2D eigenvalue weighted by atomic mass is 16.5. The predicted molar refractivity (Wildman–Crippen MR) is 62.8 cm³/mol. The van der Waals surface area contributed by atoms with E-state index in [1.165, 1.54) is 18.2 Å². The van der Waals surface area contributed by atoms with Gasteiger partial charge in [0, 0.05) is 5.92 Å². The number of carbonyl (C=O) groups is 3. The average Bonchev–Trinajstić information content (AvgIpc) is 2.62. The summed E-state index contributed by atoms with van der Waals surface area (Å²) >= 11 is 0. The zero-order valence-corrected chi connectivity index (χ0v) is 10.4. The van der Waals surface area contributed by atoms with Gasteiger partial charge in [-0.3, -0.25) is 4.79 Å². The van der Waals surface area contributed by atoms with E-state index < -0.39 is 29.2 Å². The monoisotopic (exact) mass is 264 g/mol. The number of methoxy groups -OCH3 is 2. The molecule has 0 radical (unpaired) electrons. The topological polar surface area (TPSA) is 89.9 Å². The lowest BCUT2D eigenvalue weighted by Gasteiger charge is -2.28. The second-order valence-corrected chi connectivity index (χ2v) is 4.15. The first-order valence-electron chi connectivity index (χ1n) is 5.51. The first kappa shape index (κ1) is 13.2. The van der Waals surface area contributed by atoms with E-state index in [4.69, 9.17) is 0 Å². The van der Waals surface area contributed by atoms with Crippen LogP contribution in [0.1, 0.15) is 0 Å². The molecule has 19 heavy (non-hydrogen) atoms. The highest BCUT2D eigenvalue weighted by Gasteiger charge is 2.49. The zero-order chi connectivity index (χ0) is 14.2. The van der Waals surface area contributed by atoms with E-state index in [1.54, 1.807) is 0 Å². The van der Waals surface area contributed by atoms with Gasteiger partial charge in [0.1, 0.15) is 0 Å². The van der Waals surface area contributed by atoms with Crippen LogP contribution in [0.3, 0.4) is 0 Å². The highest BCUT2D eigenvalue weighted by molar-refractivity contribution is 6.14. The zero-order valence-electron chi connectivity index (χ0n) is 10.4. The molecular weight excluding hydrogens is 252 g/mol. The van der Waals surface area contributed by atoms with Crippen molar-refractivity contribution in [3.8, 4) is 0 Å². The summed E-state index contributed by atoms with van der Waals surface area (Å²) < 4.78 is 9.17. The maximum absolute atomic E-state index is 11.9. The maximum atomic E-state index is 11.9. The first-order chi connectivity index (χ1) is 8.95. The lowest BCUT2D eigenvalue weighted by molar-refractivity contribution is -0.143. The van der Waals surface area contributed by atoms with Crippen molar-refractivity contribution in [2.24, 2.45) is 5.92 Å². The summed E-state index contributed by atoms with van der Waals surface area (Å²) in [6, 6.07) is 0. The minimum Gasteiger partial charge on any atom is -0.466 e. The molecule has 0 aliphatic heterocycles. The molecule has 0 spiro atoms. The van der Waals surface area contributed by atoms with Crippen LogP contribution in [-0.2, 0) is 23.9 Å². The van der Waals surface area contributed by atoms with Gasteiger partial charge in [-0.25, -0.2) is 9.59 Å². The Bertz CT molecular complexity index is 553. The molecule has 6 heteroatoms. The molecule has 100 valence electrons. The van der Waals surface area contributed by atoms with Gasteiger partial charge in [0.05, 0.1) is 25.4 Å². The van der Waals surface area contributed by atoms with Crippen LogP contribution in [0.15, 0.2) is 35.5 Å². The third-order valence-electron chi connectivity index (χ3n) is 3.15. The van der Waals surface area contributed by atoms with Crippen LogP contribution < -0.4 is 0 Å². The number of aliphatic hydroxyl groups is 1. The molecule has 2 bridgehead atoms. The fourth-order valence-electron chi connectivity index (χ4n) is 2.19. The molecule has 0 aromatic carbocycles. The summed E-state index contributed by atoms with van der Waals surface area (Å²) in [4.78, 5) is 35.5. The summed E-state index contributed by atoms with van der Waals surface area (Å²) in [6.07, 6.45) is 5.24. The molecule has 0 fully saturated rings. The Kier molecular flexibility index (Phi) is 3.11. The second kappa shape index (κ2) is 4.47. The van der Waals surface area contributed by atoms with Crippen LogP contribution in [0.25, 0.3) is 0 Å². The van der Waals surface area contributed by atoms with Crippen LogP contribution in [0, 0.1) is 5.92 Å². The number of ether oxygens (including phenoxy) is 2. The Morgan fingerprint density at radius 1 is 1.21 bits per heavy atom. The van der Waals surface area contributed by atoms with Crippen molar-refractivity contribution in [3.63, 3.8) is 0 Å². The van der Waals surface area contributed by atoms with Gasteiger partial charge in [0.25, 0.3) is 0 Å². The van der Waals surface area contributed by atoms with Crippen LogP contribution >= 0.6 is 0 Å². The molecular formula is C13H12O6. The SMILES string of the molecule is COC(=O)C1=C(C(=O)OC)C2(O)C=CC1C=CC2=O. The fraction of sp³-hybridized carbons (Fsp3) is 0.308. The summed E-state index contributed by atoms with van der Waals surface area (Å²) in [5.74, 6) is -3.03. The number of ketones is 1. The number of fused-ring (bicyclic) bond motifs is 1. The normalized spacial score (nSPS) is 28.4. The molecule has 0 saturated heterocycles. The molecule has 2 unspecified atom stereocenters. The molecule has 1 N–H and O–H groups in total. The summed E-state index contributed by atoms with van der Waals surface area (Å²) in [5, 5.41) is 10.4. The lowest BCUT2D eigenvalue weighted by atomic mass is 9.79. The van der Waals surface area contributed by atoms with Gasteiger partial charge < -0.3 is 14.6 Å². The third-order valence-corrected chi connectivity index (χ3v) is 3.15. The molecule has 6 nitrogen and oxygen atoms in total. The molecule has 3 aliphatic rings. The Labute approximate surface area is 109 Å². The van der Waals surface area contributed by atoms with Crippen molar-refractivity contribution >= 4 is 17.7 Å². The Morgan fingerprint density at radius 2 is 1.84 bits per heavy atom. The standard InChI is InChI=1S/C13H12O6/c1-18-11(15)9-7-3-4-8(14)13(17,6-5-7)10(9)12(16)19-2/h3-7,17H,1-2H3. The van der Waals surface area contributed by atoms with Crippen LogP contribution in [0.5, 0.6) is 0 Å². The number of hydrogen-bond acceptors (Lipinski definition) is 6. The fourth-order valence-corrected chi connectivity index (χ4v) is 2.19. The van der Waals surface area contributed by atoms with Gasteiger partial charge in [-0.1, -0.05) is 12.2 Å². The predicted octanol–water partition coefficient (Wildman–Crippen LogP) is -0.315. The highest BCUT2D eigenvalue weighted by Crippen LogP contribution is 2.38. The van der Waals surface area contributed by atoms with Gasteiger partial charge >= 0.3 is 11.9 Å². The van der Waals surface area contributed by atoms with Gasteiger partial charge in [-0.05, 0) is 12.2 Å². The molecule has 0 saturated carbocycles. The van der Waals surface area contributed by atoms with E-state index in [0.717, 1.165) is 20.3 Å². The third kappa shape index (κ3) is 1.80.